The van der Waals surface area contributed by atoms with Gasteiger partial charge in [-0.2, -0.15) is 15.1 Å². The molecule has 2 aromatic heterocycles. The van der Waals surface area contributed by atoms with Crippen LogP contribution in [0.1, 0.15) is 31.9 Å². The van der Waals surface area contributed by atoms with E-state index in [4.69, 9.17) is 30.9 Å². The molecule has 30 heavy (non-hydrogen) atoms. The molecular formula is C16H23ClN5O7P. The van der Waals surface area contributed by atoms with E-state index in [-0.39, 0.29) is 17.9 Å². The number of anilines is 1. The normalized spacial score (nSPS) is 27.9. The van der Waals surface area contributed by atoms with Gasteiger partial charge < -0.3 is 34.8 Å². The highest BCUT2D eigenvalue weighted by Crippen LogP contribution is 2.36. The second-order valence-corrected chi connectivity index (χ2v) is 9.43. The van der Waals surface area contributed by atoms with Gasteiger partial charge in [0.2, 0.25) is 5.28 Å². The van der Waals surface area contributed by atoms with Crippen molar-refractivity contribution in [2.75, 3.05) is 18.3 Å². The van der Waals surface area contributed by atoms with Gasteiger partial charge in [-0.25, -0.2) is 4.68 Å². The van der Waals surface area contributed by atoms with Crippen LogP contribution >= 0.6 is 19.2 Å². The van der Waals surface area contributed by atoms with Gasteiger partial charge in [-0.05, 0) is 24.4 Å². The molecule has 2 aliphatic rings. The molecule has 0 radical (unpaired) electrons. The smallest absolute Gasteiger partial charge is 0.350 e. The van der Waals surface area contributed by atoms with Gasteiger partial charge in [-0.15, -0.1) is 0 Å². The predicted molar refractivity (Wildman–Crippen MR) is 105 cm³/mol. The minimum Gasteiger partial charge on any atom is -0.387 e. The standard InChI is InChI=1S/C16H23ClN5O7P/c17-16-20-13(19-8-3-1-2-4-8)9-5-18-22(14(9)21-16)15-12(24)11(23)10(29-15)6-28-7-30(25,26)27/h5,8,10-12,15,23-24H,1-4,6-7H2,(H,19,20,21)(H2,25,26,27)/t10?,11-,12-,15-/m1/s1. The lowest BCUT2D eigenvalue weighted by atomic mass is 10.1. The Balaban J connectivity index is 1.55. The Morgan fingerprint density at radius 2 is 2.00 bits per heavy atom. The molecule has 0 amide bonds. The van der Waals surface area contributed by atoms with Crippen LogP contribution in [0.3, 0.4) is 0 Å². The maximum Gasteiger partial charge on any atom is 0.350 e. The van der Waals surface area contributed by atoms with E-state index >= 15 is 0 Å². The number of aliphatic hydroxyl groups excluding tert-OH is 2. The van der Waals surface area contributed by atoms with Crippen molar-refractivity contribution in [1.29, 1.82) is 0 Å². The molecule has 0 aromatic carbocycles. The van der Waals surface area contributed by atoms with E-state index < -0.39 is 38.5 Å². The second kappa shape index (κ2) is 8.64. The molecule has 12 nitrogen and oxygen atoms in total. The molecule has 4 atom stereocenters. The fourth-order valence-corrected chi connectivity index (χ4v) is 4.32. The number of ether oxygens (including phenoxy) is 2. The van der Waals surface area contributed by atoms with Gasteiger partial charge in [0.25, 0.3) is 0 Å². The van der Waals surface area contributed by atoms with Crippen molar-refractivity contribution in [2.45, 2.75) is 56.3 Å². The van der Waals surface area contributed by atoms with Crippen molar-refractivity contribution in [3.63, 3.8) is 0 Å². The SMILES string of the molecule is O=P(O)(O)COCC1O[C@@H](n2ncc3c(NC4CCCC4)nc(Cl)nc32)[C@H](O)[C@@H]1O. The first kappa shape index (κ1) is 21.8. The van der Waals surface area contributed by atoms with Crippen LogP contribution in [-0.4, -0.2) is 77.1 Å². The summed E-state index contributed by atoms with van der Waals surface area (Å²) in [5.41, 5.74) is 0.323. The lowest BCUT2D eigenvalue weighted by Gasteiger charge is -2.17. The zero-order valence-electron chi connectivity index (χ0n) is 15.8. The zero-order chi connectivity index (χ0) is 21.5. The molecule has 4 rings (SSSR count). The summed E-state index contributed by atoms with van der Waals surface area (Å²) in [5, 5.41) is 28.9. The predicted octanol–water partition coefficient (Wildman–Crippen LogP) is 0.605. The number of hydrogen-bond acceptors (Lipinski definition) is 9. The van der Waals surface area contributed by atoms with Crippen LogP contribution in [0.2, 0.25) is 5.28 Å². The summed E-state index contributed by atoms with van der Waals surface area (Å²) < 4.78 is 22.8. The van der Waals surface area contributed by atoms with Crippen LogP contribution in [0.4, 0.5) is 5.82 Å². The average Bonchev–Trinajstić information content (AvgIpc) is 3.37. The van der Waals surface area contributed by atoms with E-state index in [0.29, 0.717) is 16.9 Å². The number of fused-ring (bicyclic) bond motifs is 1. The Morgan fingerprint density at radius 1 is 1.27 bits per heavy atom. The molecule has 2 fully saturated rings. The third kappa shape index (κ3) is 4.61. The van der Waals surface area contributed by atoms with Crippen molar-refractivity contribution in [2.24, 2.45) is 0 Å². The van der Waals surface area contributed by atoms with Crippen molar-refractivity contribution in [3.8, 4) is 0 Å². The number of aliphatic hydroxyl groups is 2. The molecule has 2 aromatic rings. The Hall–Kier alpha value is -1.37. The Morgan fingerprint density at radius 3 is 2.70 bits per heavy atom. The van der Waals surface area contributed by atoms with Gasteiger partial charge in [-0.1, -0.05) is 12.8 Å². The molecule has 1 saturated heterocycles. The lowest BCUT2D eigenvalue weighted by molar-refractivity contribution is -0.0658. The Kier molecular flexibility index (Phi) is 6.29. The monoisotopic (exact) mass is 463 g/mol. The highest BCUT2D eigenvalue weighted by molar-refractivity contribution is 7.51. The molecule has 1 aliphatic heterocycles. The van der Waals surface area contributed by atoms with Crippen molar-refractivity contribution < 1.29 is 34.0 Å². The van der Waals surface area contributed by atoms with E-state index in [0.717, 1.165) is 25.7 Å². The number of rotatable bonds is 7. The number of aromatic nitrogens is 4. The molecule has 14 heteroatoms. The highest BCUT2D eigenvalue weighted by Gasteiger charge is 2.45. The van der Waals surface area contributed by atoms with E-state index in [2.05, 4.69) is 20.4 Å². The van der Waals surface area contributed by atoms with Gasteiger partial charge in [0.05, 0.1) is 18.2 Å². The molecule has 1 saturated carbocycles. The summed E-state index contributed by atoms with van der Waals surface area (Å²) in [5.74, 6) is 0.540. The van der Waals surface area contributed by atoms with E-state index in [1.807, 2.05) is 0 Å². The number of hydrogen-bond donors (Lipinski definition) is 5. The number of halogens is 1. The summed E-state index contributed by atoms with van der Waals surface area (Å²) in [6.07, 6.45) is 0.253. The Labute approximate surface area is 176 Å². The molecule has 0 spiro atoms. The molecule has 0 bridgehead atoms. The first-order chi connectivity index (χ1) is 14.2. The molecule has 1 aliphatic carbocycles. The van der Waals surface area contributed by atoms with Gasteiger partial charge in [0, 0.05) is 6.04 Å². The van der Waals surface area contributed by atoms with Crippen LogP contribution in [0.5, 0.6) is 0 Å². The number of nitrogens with zero attached hydrogens (tertiary/aromatic N) is 4. The fourth-order valence-electron chi connectivity index (χ4n) is 3.82. The van der Waals surface area contributed by atoms with Crippen molar-refractivity contribution in [3.05, 3.63) is 11.5 Å². The van der Waals surface area contributed by atoms with Crippen molar-refractivity contribution >= 4 is 36.0 Å². The molecule has 5 N–H and O–H groups in total. The second-order valence-electron chi connectivity index (χ2n) is 7.50. The minimum absolute atomic E-state index is 0.000639. The van der Waals surface area contributed by atoms with E-state index in [9.17, 15) is 14.8 Å². The maximum absolute atomic E-state index is 10.9. The van der Waals surface area contributed by atoms with Crippen molar-refractivity contribution in [1.82, 2.24) is 19.7 Å². The lowest BCUT2D eigenvalue weighted by Crippen LogP contribution is -2.34. The summed E-state index contributed by atoms with van der Waals surface area (Å²) >= 11 is 6.10. The van der Waals surface area contributed by atoms with Crippen LogP contribution < -0.4 is 5.32 Å². The number of nitrogens with one attached hydrogen (secondary N) is 1. The van der Waals surface area contributed by atoms with Gasteiger partial charge in [0.15, 0.2) is 11.9 Å². The molecule has 1 unspecified atom stereocenters. The third-order valence-electron chi connectivity index (χ3n) is 5.24. The van der Waals surface area contributed by atoms with Crippen LogP contribution in [-0.2, 0) is 14.0 Å². The Bertz CT molecular complexity index is 949. The van der Waals surface area contributed by atoms with Crippen LogP contribution in [0, 0.1) is 0 Å². The third-order valence-corrected chi connectivity index (χ3v) is 5.93. The van der Waals surface area contributed by atoms with Crippen LogP contribution in [0.25, 0.3) is 11.0 Å². The summed E-state index contributed by atoms with van der Waals surface area (Å²) in [6.45, 7) is -0.316. The minimum atomic E-state index is -4.36. The van der Waals surface area contributed by atoms with E-state index in [1.165, 1.54) is 10.9 Å². The molecular weight excluding hydrogens is 441 g/mol. The largest absolute Gasteiger partial charge is 0.387 e. The first-order valence-electron chi connectivity index (χ1n) is 9.54. The first-order valence-corrected chi connectivity index (χ1v) is 11.7. The summed E-state index contributed by atoms with van der Waals surface area (Å²) in [4.78, 5) is 26.2. The highest BCUT2D eigenvalue weighted by atomic mass is 35.5. The zero-order valence-corrected chi connectivity index (χ0v) is 17.5. The fraction of sp³-hybridized carbons (Fsp3) is 0.688. The van der Waals surface area contributed by atoms with E-state index in [1.54, 1.807) is 0 Å². The van der Waals surface area contributed by atoms with Gasteiger partial charge in [0.1, 0.15) is 30.5 Å². The quantitative estimate of drug-likeness (QED) is 0.287. The topological polar surface area (TPSA) is 172 Å². The summed E-state index contributed by atoms with van der Waals surface area (Å²) in [6, 6.07) is 0.285. The van der Waals surface area contributed by atoms with Gasteiger partial charge in [-0.3, -0.25) is 4.57 Å². The molecule has 166 valence electrons. The maximum atomic E-state index is 10.9. The van der Waals surface area contributed by atoms with Gasteiger partial charge >= 0.3 is 7.60 Å². The summed E-state index contributed by atoms with van der Waals surface area (Å²) in [7, 11) is -4.36. The average molecular weight is 464 g/mol. The van der Waals surface area contributed by atoms with Crippen LogP contribution in [0.15, 0.2) is 6.20 Å². The molecule has 3 heterocycles.